The number of benzene rings is 2. The number of carbonyl (C=O) groups is 1. The van der Waals surface area contributed by atoms with Gasteiger partial charge in [-0.15, -0.1) is 0 Å². The normalized spacial score (nSPS) is 17.1. The van der Waals surface area contributed by atoms with Crippen molar-refractivity contribution >= 4 is 16.8 Å². The summed E-state index contributed by atoms with van der Waals surface area (Å²) in [5.74, 6) is 0.0115. The summed E-state index contributed by atoms with van der Waals surface area (Å²) >= 11 is 0. The quantitative estimate of drug-likeness (QED) is 0.757. The first-order chi connectivity index (χ1) is 13.6. The molecular weight excluding hydrogens is 352 g/mol. The topological polar surface area (TPSA) is 62.4 Å². The van der Waals surface area contributed by atoms with Gasteiger partial charge in [0, 0.05) is 36.7 Å². The van der Waals surface area contributed by atoms with Crippen molar-refractivity contribution in [2.45, 2.75) is 25.9 Å². The molecule has 144 valence electrons. The number of para-hydroxylation sites is 1. The number of aromatic amines is 1. The van der Waals surface area contributed by atoms with Gasteiger partial charge in [-0.2, -0.15) is 0 Å². The first kappa shape index (κ1) is 18.4. The second kappa shape index (κ2) is 7.60. The van der Waals surface area contributed by atoms with Crippen molar-refractivity contribution < 1.29 is 9.53 Å². The molecule has 1 unspecified atom stereocenters. The third-order valence-electron chi connectivity index (χ3n) is 5.60. The van der Waals surface area contributed by atoms with Crippen molar-refractivity contribution in [1.29, 1.82) is 0 Å². The predicted octanol–water partition coefficient (Wildman–Crippen LogP) is 3.75. The number of fused-ring (bicyclic) bond motifs is 1. The third kappa shape index (κ3) is 3.34. The summed E-state index contributed by atoms with van der Waals surface area (Å²) in [4.78, 5) is 30.3. The number of nitrogens with zero attached hydrogens (tertiary/aromatic N) is 1. The number of methoxy groups -OCH3 is 1. The second-order valence-electron chi connectivity index (χ2n) is 7.33. The number of aromatic nitrogens is 1. The van der Waals surface area contributed by atoms with Gasteiger partial charge in [0.1, 0.15) is 0 Å². The molecule has 1 fully saturated rings. The molecule has 1 saturated heterocycles. The number of hydrogen-bond donors (Lipinski definition) is 1. The molecule has 1 atom stereocenters. The number of carbonyl (C=O) groups excluding carboxylic acids is 1. The maximum Gasteiger partial charge on any atom is 0.256 e. The lowest BCUT2D eigenvalue weighted by Crippen LogP contribution is -2.42. The Morgan fingerprint density at radius 3 is 2.64 bits per heavy atom. The lowest BCUT2D eigenvalue weighted by atomic mass is 9.97. The Kier molecular flexibility index (Phi) is 5.01. The first-order valence-corrected chi connectivity index (χ1v) is 9.62. The van der Waals surface area contributed by atoms with Gasteiger partial charge in [0.25, 0.3) is 11.5 Å². The Bertz CT molecular complexity index is 1070. The SMILES string of the molecule is COC1CCCN(C(=O)c2ccc(-c3c(C)c4ccccc4[nH]c3=O)cc2)C1. The van der Waals surface area contributed by atoms with Crippen LogP contribution in [0.2, 0.25) is 0 Å². The van der Waals surface area contributed by atoms with Crippen LogP contribution in [0.3, 0.4) is 0 Å². The number of aryl methyl sites for hydroxylation is 1. The molecule has 2 heterocycles. The molecule has 0 spiro atoms. The number of piperidine rings is 1. The van der Waals surface area contributed by atoms with E-state index in [-0.39, 0.29) is 17.6 Å². The number of ether oxygens (including phenoxy) is 1. The van der Waals surface area contributed by atoms with Crippen LogP contribution < -0.4 is 5.56 Å². The van der Waals surface area contributed by atoms with Gasteiger partial charge in [-0.05, 0) is 49.1 Å². The van der Waals surface area contributed by atoms with E-state index in [1.165, 1.54) is 0 Å². The standard InChI is InChI=1S/C23H24N2O3/c1-15-19-7-3-4-8-20(19)24-22(26)21(15)16-9-11-17(12-10-16)23(27)25-13-5-6-18(14-25)28-2/h3-4,7-12,18H,5-6,13-14H2,1-2H3,(H,24,26). The minimum Gasteiger partial charge on any atom is -0.380 e. The predicted molar refractivity (Wildman–Crippen MR) is 111 cm³/mol. The fourth-order valence-electron chi connectivity index (χ4n) is 4.03. The van der Waals surface area contributed by atoms with E-state index >= 15 is 0 Å². The third-order valence-corrected chi connectivity index (χ3v) is 5.60. The summed E-state index contributed by atoms with van der Waals surface area (Å²) in [6.07, 6.45) is 2.05. The number of rotatable bonds is 3. The molecule has 1 amide bonds. The molecule has 0 radical (unpaired) electrons. The summed E-state index contributed by atoms with van der Waals surface area (Å²) in [7, 11) is 1.69. The van der Waals surface area contributed by atoms with Crippen LogP contribution in [-0.2, 0) is 4.74 Å². The van der Waals surface area contributed by atoms with Gasteiger partial charge in [-0.25, -0.2) is 0 Å². The Morgan fingerprint density at radius 1 is 1.14 bits per heavy atom. The van der Waals surface area contributed by atoms with E-state index in [9.17, 15) is 9.59 Å². The zero-order valence-corrected chi connectivity index (χ0v) is 16.2. The van der Waals surface area contributed by atoms with E-state index in [0.29, 0.717) is 17.7 Å². The molecule has 1 aliphatic rings. The van der Waals surface area contributed by atoms with Crippen molar-refractivity contribution in [3.8, 4) is 11.1 Å². The average Bonchev–Trinajstić information content (AvgIpc) is 2.74. The molecule has 3 aromatic rings. The highest BCUT2D eigenvalue weighted by atomic mass is 16.5. The molecular formula is C23H24N2O3. The zero-order chi connectivity index (χ0) is 19.7. The average molecular weight is 376 g/mol. The molecule has 1 aliphatic heterocycles. The summed E-state index contributed by atoms with van der Waals surface area (Å²) in [5.41, 5.74) is 3.75. The smallest absolute Gasteiger partial charge is 0.256 e. The highest BCUT2D eigenvalue weighted by Crippen LogP contribution is 2.26. The molecule has 4 rings (SSSR count). The number of pyridine rings is 1. The Morgan fingerprint density at radius 2 is 1.89 bits per heavy atom. The van der Waals surface area contributed by atoms with Crippen molar-refractivity contribution in [2.24, 2.45) is 0 Å². The van der Waals surface area contributed by atoms with Crippen LogP contribution in [-0.4, -0.2) is 42.1 Å². The molecule has 0 saturated carbocycles. The van der Waals surface area contributed by atoms with Crippen LogP contribution in [0.5, 0.6) is 0 Å². The zero-order valence-electron chi connectivity index (χ0n) is 16.2. The molecule has 5 nitrogen and oxygen atoms in total. The van der Waals surface area contributed by atoms with Crippen LogP contribution in [0, 0.1) is 6.92 Å². The van der Waals surface area contributed by atoms with Crippen LogP contribution >= 0.6 is 0 Å². The van der Waals surface area contributed by atoms with Crippen LogP contribution in [0.15, 0.2) is 53.3 Å². The van der Waals surface area contributed by atoms with E-state index in [4.69, 9.17) is 4.74 Å². The Labute approximate surface area is 163 Å². The van der Waals surface area contributed by atoms with Gasteiger partial charge >= 0.3 is 0 Å². The van der Waals surface area contributed by atoms with Gasteiger partial charge < -0.3 is 14.6 Å². The number of H-pyrrole nitrogens is 1. The van der Waals surface area contributed by atoms with Gasteiger partial charge in [-0.3, -0.25) is 9.59 Å². The number of likely N-dealkylation sites (tertiary alicyclic amines) is 1. The molecule has 1 aromatic heterocycles. The molecule has 28 heavy (non-hydrogen) atoms. The van der Waals surface area contributed by atoms with Gasteiger partial charge in [0.2, 0.25) is 0 Å². The van der Waals surface area contributed by atoms with Crippen molar-refractivity contribution in [1.82, 2.24) is 9.88 Å². The van der Waals surface area contributed by atoms with Crippen molar-refractivity contribution in [2.75, 3.05) is 20.2 Å². The number of nitrogens with one attached hydrogen (secondary N) is 1. The number of hydrogen-bond acceptors (Lipinski definition) is 3. The second-order valence-corrected chi connectivity index (χ2v) is 7.33. The van der Waals surface area contributed by atoms with Gasteiger partial charge in [-0.1, -0.05) is 30.3 Å². The van der Waals surface area contributed by atoms with Crippen LogP contribution in [0.4, 0.5) is 0 Å². The lowest BCUT2D eigenvalue weighted by molar-refractivity contribution is 0.0269. The Balaban J connectivity index is 1.64. The summed E-state index contributed by atoms with van der Waals surface area (Å²) in [5, 5.41) is 1.02. The van der Waals surface area contributed by atoms with E-state index in [1.807, 2.05) is 60.4 Å². The first-order valence-electron chi connectivity index (χ1n) is 9.62. The number of amides is 1. The lowest BCUT2D eigenvalue weighted by Gasteiger charge is -2.32. The van der Waals surface area contributed by atoms with Crippen LogP contribution in [0.25, 0.3) is 22.0 Å². The molecule has 2 aromatic carbocycles. The highest BCUT2D eigenvalue weighted by molar-refractivity contribution is 5.95. The Hall–Kier alpha value is -2.92. The maximum atomic E-state index is 12.8. The van der Waals surface area contributed by atoms with E-state index in [1.54, 1.807) is 7.11 Å². The monoisotopic (exact) mass is 376 g/mol. The highest BCUT2D eigenvalue weighted by Gasteiger charge is 2.24. The van der Waals surface area contributed by atoms with E-state index < -0.39 is 0 Å². The van der Waals surface area contributed by atoms with E-state index in [0.717, 1.165) is 41.4 Å². The summed E-state index contributed by atoms with van der Waals surface area (Å²) in [6, 6.07) is 15.1. The summed E-state index contributed by atoms with van der Waals surface area (Å²) in [6.45, 7) is 3.34. The molecule has 0 aliphatic carbocycles. The van der Waals surface area contributed by atoms with Gasteiger partial charge in [0.15, 0.2) is 0 Å². The maximum absolute atomic E-state index is 12.8. The van der Waals surface area contributed by atoms with Crippen LogP contribution in [0.1, 0.15) is 28.8 Å². The fraction of sp³-hybridized carbons (Fsp3) is 0.304. The fourth-order valence-corrected chi connectivity index (χ4v) is 4.03. The van der Waals surface area contributed by atoms with Crippen molar-refractivity contribution in [3.63, 3.8) is 0 Å². The largest absolute Gasteiger partial charge is 0.380 e. The molecule has 5 heteroatoms. The summed E-state index contributed by atoms with van der Waals surface area (Å²) < 4.78 is 5.41. The minimum absolute atomic E-state index is 0.0115. The van der Waals surface area contributed by atoms with Gasteiger partial charge in [0.05, 0.1) is 11.7 Å². The van der Waals surface area contributed by atoms with E-state index in [2.05, 4.69) is 4.98 Å². The van der Waals surface area contributed by atoms with Crippen molar-refractivity contribution in [3.05, 3.63) is 70.0 Å². The molecule has 0 bridgehead atoms. The molecule has 1 N–H and O–H groups in total. The minimum atomic E-state index is -0.116.